The van der Waals surface area contributed by atoms with Gasteiger partial charge in [0.1, 0.15) is 5.69 Å². The van der Waals surface area contributed by atoms with Crippen LogP contribution >= 0.6 is 0 Å². The van der Waals surface area contributed by atoms with Crippen molar-refractivity contribution in [3.63, 3.8) is 0 Å². The fraction of sp³-hybridized carbons (Fsp3) is 0.188. The van der Waals surface area contributed by atoms with Gasteiger partial charge in [0.2, 0.25) is 11.7 Å². The molecule has 0 amide bonds. The minimum atomic E-state index is 0.533. The van der Waals surface area contributed by atoms with E-state index >= 15 is 0 Å². The van der Waals surface area contributed by atoms with Crippen LogP contribution in [0.25, 0.3) is 11.5 Å². The Morgan fingerprint density at radius 3 is 2.67 bits per heavy atom. The number of aryl methyl sites for hydroxylation is 3. The first-order chi connectivity index (χ1) is 10.2. The molecule has 1 aromatic carbocycles. The zero-order valence-electron chi connectivity index (χ0n) is 11.8. The average molecular weight is 280 g/mol. The van der Waals surface area contributed by atoms with Crippen molar-refractivity contribution in [2.75, 3.05) is 5.73 Å². The first-order valence-corrected chi connectivity index (χ1v) is 6.81. The van der Waals surface area contributed by atoms with Crippen LogP contribution < -0.4 is 5.73 Å². The minimum absolute atomic E-state index is 0.533. The molecule has 0 aliphatic heterocycles. The van der Waals surface area contributed by atoms with Crippen LogP contribution in [-0.2, 0) is 12.8 Å². The van der Waals surface area contributed by atoms with E-state index in [0.717, 1.165) is 23.4 Å². The average Bonchev–Trinajstić information content (AvgIpc) is 2.96. The summed E-state index contributed by atoms with van der Waals surface area (Å²) in [6, 6.07) is 11.7. The largest absolute Gasteiger partial charge is 0.399 e. The highest BCUT2D eigenvalue weighted by Crippen LogP contribution is 2.15. The van der Waals surface area contributed by atoms with Crippen LogP contribution in [0.2, 0.25) is 0 Å². The molecule has 0 bridgehead atoms. The van der Waals surface area contributed by atoms with Crippen molar-refractivity contribution in [2.24, 2.45) is 0 Å². The molecule has 5 nitrogen and oxygen atoms in total. The number of benzene rings is 1. The molecule has 0 fully saturated rings. The van der Waals surface area contributed by atoms with Crippen molar-refractivity contribution in [3.8, 4) is 11.5 Å². The second-order valence-electron chi connectivity index (χ2n) is 4.97. The molecule has 0 unspecified atom stereocenters. The molecule has 0 spiro atoms. The smallest absolute Gasteiger partial charge is 0.227 e. The summed E-state index contributed by atoms with van der Waals surface area (Å²) in [7, 11) is 0. The highest BCUT2D eigenvalue weighted by Gasteiger charge is 2.09. The van der Waals surface area contributed by atoms with Crippen molar-refractivity contribution < 1.29 is 4.52 Å². The normalized spacial score (nSPS) is 10.7. The van der Waals surface area contributed by atoms with Crippen LogP contribution in [0, 0.1) is 6.92 Å². The number of pyridine rings is 1. The van der Waals surface area contributed by atoms with Gasteiger partial charge in [-0.25, -0.2) is 0 Å². The van der Waals surface area contributed by atoms with Crippen molar-refractivity contribution in [2.45, 2.75) is 19.8 Å². The quantitative estimate of drug-likeness (QED) is 0.743. The lowest BCUT2D eigenvalue weighted by molar-refractivity contribution is 0.379. The molecule has 0 atom stereocenters. The molecule has 0 radical (unpaired) electrons. The third kappa shape index (κ3) is 3.25. The standard InChI is InChI=1S/C16H16N4O/c1-11-8-9-18-14(10-11)16-19-15(21-20-16)7-4-12-2-5-13(17)6-3-12/h2-3,5-6,8-10H,4,7,17H2,1H3. The molecule has 21 heavy (non-hydrogen) atoms. The lowest BCUT2D eigenvalue weighted by Crippen LogP contribution is -1.93. The van der Waals surface area contributed by atoms with Crippen molar-refractivity contribution in [3.05, 3.63) is 59.6 Å². The summed E-state index contributed by atoms with van der Waals surface area (Å²) in [6.45, 7) is 2.01. The second kappa shape index (κ2) is 5.75. The third-order valence-electron chi connectivity index (χ3n) is 3.22. The van der Waals surface area contributed by atoms with E-state index in [1.165, 1.54) is 5.56 Å². The van der Waals surface area contributed by atoms with E-state index < -0.39 is 0 Å². The Morgan fingerprint density at radius 1 is 1.10 bits per heavy atom. The Labute approximate surface area is 122 Å². The lowest BCUT2D eigenvalue weighted by Gasteiger charge is -1.98. The van der Waals surface area contributed by atoms with E-state index in [0.29, 0.717) is 18.1 Å². The Kier molecular flexibility index (Phi) is 3.64. The number of rotatable bonds is 4. The van der Waals surface area contributed by atoms with Crippen molar-refractivity contribution in [1.82, 2.24) is 15.1 Å². The molecule has 2 N–H and O–H groups in total. The van der Waals surface area contributed by atoms with Gasteiger partial charge >= 0.3 is 0 Å². The van der Waals surface area contributed by atoms with E-state index in [9.17, 15) is 0 Å². The summed E-state index contributed by atoms with van der Waals surface area (Å²) in [5.41, 5.74) is 9.48. The van der Waals surface area contributed by atoms with Gasteiger partial charge in [0.25, 0.3) is 0 Å². The fourth-order valence-corrected chi connectivity index (χ4v) is 2.05. The van der Waals surface area contributed by atoms with E-state index in [2.05, 4.69) is 15.1 Å². The van der Waals surface area contributed by atoms with Gasteiger partial charge in [-0.3, -0.25) is 4.98 Å². The molecule has 2 aromatic heterocycles. The molecule has 5 heteroatoms. The number of nitrogens with zero attached hydrogens (tertiary/aromatic N) is 3. The number of anilines is 1. The fourth-order valence-electron chi connectivity index (χ4n) is 2.05. The van der Waals surface area contributed by atoms with Crippen molar-refractivity contribution >= 4 is 5.69 Å². The predicted molar refractivity (Wildman–Crippen MR) is 80.5 cm³/mol. The second-order valence-corrected chi connectivity index (χ2v) is 4.97. The highest BCUT2D eigenvalue weighted by molar-refractivity contribution is 5.48. The number of hydrogen-bond donors (Lipinski definition) is 1. The van der Waals surface area contributed by atoms with Crippen molar-refractivity contribution in [1.29, 1.82) is 0 Å². The topological polar surface area (TPSA) is 77.8 Å². The summed E-state index contributed by atoms with van der Waals surface area (Å²) in [5.74, 6) is 1.15. The van der Waals surface area contributed by atoms with Gasteiger partial charge in [-0.1, -0.05) is 17.3 Å². The maximum atomic E-state index is 5.67. The monoisotopic (exact) mass is 280 g/mol. The van der Waals surface area contributed by atoms with Gasteiger partial charge < -0.3 is 10.3 Å². The molecule has 106 valence electrons. The van der Waals surface area contributed by atoms with E-state index in [4.69, 9.17) is 10.3 Å². The van der Waals surface area contributed by atoms with E-state index in [1.54, 1.807) is 6.20 Å². The van der Waals surface area contributed by atoms with Gasteiger partial charge in [-0.2, -0.15) is 4.98 Å². The molecule has 3 aromatic rings. The lowest BCUT2D eigenvalue weighted by atomic mass is 10.1. The first kappa shape index (κ1) is 13.3. The Bertz CT molecular complexity index is 734. The third-order valence-corrected chi connectivity index (χ3v) is 3.22. The van der Waals surface area contributed by atoms with Crippen LogP contribution in [-0.4, -0.2) is 15.1 Å². The maximum Gasteiger partial charge on any atom is 0.227 e. The van der Waals surface area contributed by atoms with E-state index in [-0.39, 0.29) is 0 Å². The Hall–Kier alpha value is -2.69. The molecule has 0 saturated heterocycles. The zero-order valence-corrected chi connectivity index (χ0v) is 11.8. The van der Waals surface area contributed by atoms with Crippen LogP contribution in [0.4, 0.5) is 5.69 Å². The summed E-state index contributed by atoms with van der Waals surface area (Å²) in [4.78, 5) is 8.64. The molecule has 0 aliphatic carbocycles. The van der Waals surface area contributed by atoms with Gasteiger partial charge in [-0.15, -0.1) is 0 Å². The molecular weight excluding hydrogens is 264 g/mol. The highest BCUT2D eigenvalue weighted by atomic mass is 16.5. The zero-order chi connectivity index (χ0) is 14.7. The molecule has 0 saturated carbocycles. The number of nitrogen functional groups attached to an aromatic ring is 1. The number of nitrogens with two attached hydrogens (primary N) is 1. The Morgan fingerprint density at radius 2 is 1.90 bits per heavy atom. The van der Waals surface area contributed by atoms with Gasteiger partial charge in [-0.05, 0) is 48.7 Å². The molecular formula is C16H16N4O. The summed E-state index contributed by atoms with van der Waals surface area (Å²) in [6.07, 6.45) is 3.28. The molecule has 3 rings (SSSR count). The van der Waals surface area contributed by atoms with Crippen LogP contribution in [0.5, 0.6) is 0 Å². The summed E-state index contributed by atoms with van der Waals surface area (Å²) >= 11 is 0. The van der Waals surface area contributed by atoms with Crippen LogP contribution in [0.1, 0.15) is 17.0 Å². The molecule has 0 aliphatic rings. The summed E-state index contributed by atoms with van der Waals surface area (Å²) in [5, 5.41) is 3.99. The first-order valence-electron chi connectivity index (χ1n) is 6.81. The minimum Gasteiger partial charge on any atom is -0.399 e. The Balaban J connectivity index is 1.69. The number of aromatic nitrogens is 3. The SMILES string of the molecule is Cc1ccnc(-c2noc(CCc3ccc(N)cc3)n2)c1. The number of hydrogen-bond acceptors (Lipinski definition) is 5. The van der Waals surface area contributed by atoms with Gasteiger partial charge in [0, 0.05) is 18.3 Å². The van der Waals surface area contributed by atoms with E-state index in [1.807, 2.05) is 43.3 Å². The van der Waals surface area contributed by atoms with Crippen LogP contribution in [0.15, 0.2) is 47.1 Å². The summed E-state index contributed by atoms with van der Waals surface area (Å²) < 4.78 is 5.28. The van der Waals surface area contributed by atoms with Crippen LogP contribution in [0.3, 0.4) is 0 Å². The maximum absolute atomic E-state index is 5.67. The molecule has 2 heterocycles. The van der Waals surface area contributed by atoms with Gasteiger partial charge in [0.05, 0.1) is 0 Å². The van der Waals surface area contributed by atoms with Gasteiger partial charge in [0.15, 0.2) is 0 Å². The predicted octanol–water partition coefficient (Wildman–Crippen LogP) is 2.81.